The number of rotatable bonds is 5. The van der Waals surface area contributed by atoms with Crippen LogP contribution in [-0.4, -0.2) is 45.2 Å². The molecule has 4 nitrogen and oxygen atoms in total. The van der Waals surface area contributed by atoms with Gasteiger partial charge in [-0.1, -0.05) is 12.8 Å². The van der Waals surface area contributed by atoms with Crippen molar-refractivity contribution in [3.63, 3.8) is 0 Å². The van der Waals surface area contributed by atoms with E-state index in [9.17, 15) is 8.42 Å². The first-order chi connectivity index (χ1) is 8.55. The average Bonchev–Trinajstić information content (AvgIpc) is 2.81. The first-order valence-electron chi connectivity index (χ1n) is 7.21. The lowest BCUT2D eigenvalue weighted by atomic mass is 9.99. The minimum Gasteiger partial charge on any atom is -0.316 e. The van der Waals surface area contributed by atoms with Gasteiger partial charge in [0.2, 0.25) is 10.0 Å². The Morgan fingerprint density at radius 3 is 2.33 bits per heavy atom. The van der Waals surface area contributed by atoms with Crippen molar-refractivity contribution >= 4 is 10.0 Å². The predicted molar refractivity (Wildman–Crippen MR) is 74.0 cm³/mol. The molecule has 0 aromatic heterocycles. The van der Waals surface area contributed by atoms with Crippen molar-refractivity contribution in [2.45, 2.75) is 38.5 Å². The Kier molecular flexibility index (Phi) is 5.04. The van der Waals surface area contributed by atoms with Gasteiger partial charge in [-0.05, 0) is 50.6 Å². The highest BCUT2D eigenvalue weighted by Crippen LogP contribution is 2.24. The van der Waals surface area contributed by atoms with Crippen LogP contribution in [0, 0.1) is 11.8 Å². The summed E-state index contributed by atoms with van der Waals surface area (Å²) in [5, 5.41) is 3.55. The van der Waals surface area contributed by atoms with Gasteiger partial charge in [-0.3, -0.25) is 0 Å². The van der Waals surface area contributed by atoms with Gasteiger partial charge in [0.15, 0.2) is 0 Å². The molecule has 18 heavy (non-hydrogen) atoms. The van der Waals surface area contributed by atoms with E-state index in [1.54, 1.807) is 4.31 Å². The summed E-state index contributed by atoms with van der Waals surface area (Å²) in [5.74, 6) is 1.36. The molecule has 2 fully saturated rings. The lowest BCUT2D eigenvalue weighted by Gasteiger charge is -2.31. The molecule has 1 aliphatic heterocycles. The van der Waals surface area contributed by atoms with Gasteiger partial charge in [-0.25, -0.2) is 12.7 Å². The highest BCUT2D eigenvalue weighted by molar-refractivity contribution is 7.88. The summed E-state index contributed by atoms with van der Waals surface area (Å²) < 4.78 is 24.7. The molecule has 1 N–H and O–H groups in total. The van der Waals surface area contributed by atoms with Crippen LogP contribution in [0.1, 0.15) is 38.5 Å². The van der Waals surface area contributed by atoms with Gasteiger partial charge in [0, 0.05) is 13.1 Å². The number of nitrogens with one attached hydrogen (secondary N) is 1. The quantitative estimate of drug-likeness (QED) is 0.825. The van der Waals surface area contributed by atoms with Crippen molar-refractivity contribution in [2.75, 3.05) is 32.4 Å². The molecule has 0 amide bonds. The van der Waals surface area contributed by atoms with Crippen LogP contribution in [0.25, 0.3) is 0 Å². The van der Waals surface area contributed by atoms with Crippen LogP contribution < -0.4 is 5.32 Å². The fraction of sp³-hybridized carbons (Fsp3) is 1.00. The van der Waals surface area contributed by atoms with Gasteiger partial charge in [-0.2, -0.15) is 0 Å². The summed E-state index contributed by atoms with van der Waals surface area (Å²) in [6.07, 6.45) is 8.99. The molecule has 1 unspecified atom stereocenters. The van der Waals surface area contributed by atoms with Crippen molar-refractivity contribution in [3.8, 4) is 0 Å². The highest BCUT2D eigenvalue weighted by Gasteiger charge is 2.25. The van der Waals surface area contributed by atoms with E-state index in [4.69, 9.17) is 0 Å². The minimum absolute atomic E-state index is 0.495. The molecular formula is C13H26N2O2S. The third-order valence-electron chi connectivity index (χ3n) is 4.29. The Morgan fingerprint density at radius 2 is 1.67 bits per heavy atom. The zero-order valence-electron chi connectivity index (χ0n) is 11.4. The number of sulfonamides is 1. The number of nitrogens with zero attached hydrogens (tertiary/aromatic N) is 1. The Morgan fingerprint density at radius 1 is 1.06 bits per heavy atom. The van der Waals surface area contributed by atoms with Crippen LogP contribution in [0.2, 0.25) is 0 Å². The number of piperidine rings is 1. The van der Waals surface area contributed by atoms with Gasteiger partial charge in [-0.15, -0.1) is 0 Å². The van der Waals surface area contributed by atoms with Crippen LogP contribution in [0.3, 0.4) is 0 Å². The SMILES string of the molecule is CS(=O)(=O)N1CCCC(CNCC2CCCC2)C1. The van der Waals surface area contributed by atoms with Crippen LogP contribution in [-0.2, 0) is 10.0 Å². The van der Waals surface area contributed by atoms with Crippen molar-refractivity contribution in [3.05, 3.63) is 0 Å². The van der Waals surface area contributed by atoms with Crippen LogP contribution in [0.15, 0.2) is 0 Å². The Balaban J connectivity index is 1.69. The Bertz CT molecular complexity index is 350. The molecule has 0 spiro atoms. The number of hydrogen-bond acceptors (Lipinski definition) is 3. The second-order valence-electron chi connectivity index (χ2n) is 5.94. The van der Waals surface area contributed by atoms with Crippen LogP contribution >= 0.6 is 0 Å². The third-order valence-corrected chi connectivity index (χ3v) is 5.56. The fourth-order valence-corrected chi connectivity index (χ4v) is 4.14. The smallest absolute Gasteiger partial charge is 0.211 e. The van der Waals surface area contributed by atoms with E-state index < -0.39 is 10.0 Å². The van der Waals surface area contributed by atoms with Crippen molar-refractivity contribution in [1.29, 1.82) is 0 Å². The van der Waals surface area contributed by atoms with E-state index in [1.807, 2.05) is 0 Å². The van der Waals surface area contributed by atoms with Gasteiger partial charge in [0.25, 0.3) is 0 Å². The normalized spacial score (nSPS) is 27.7. The topological polar surface area (TPSA) is 49.4 Å². The third kappa shape index (κ3) is 4.21. The van der Waals surface area contributed by atoms with Gasteiger partial charge in [0.05, 0.1) is 6.26 Å². The Labute approximate surface area is 111 Å². The molecule has 1 atom stereocenters. The molecule has 0 aromatic carbocycles. The first-order valence-corrected chi connectivity index (χ1v) is 9.06. The summed E-state index contributed by atoms with van der Waals surface area (Å²) in [7, 11) is -2.99. The van der Waals surface area contributed by atoms with E-state index in [0.29, 0.717) is 19.0 Å². The van der Waals surface area contributed by atoms with Crippen LogP contribution in [0.4, 0.5) is 0 Å². The monoisotopic (exact) mass is 274 g/mol. The molecular weight excluding hydrogens is 248 g/mol. The van der Waals surface area contributed by atoms with Gasteiger partial charge in [0.1, 0.15) is 0 Å². The summed E-state index contributed by atoms with van der Waals surface area (Å²) in [6, 6.07) is 0. The van der Waals surface area contributed by atoms with Crippen molar-refractivity contribution in [2.24, 2.45) is 11.8 Å². The molecule has 2 rings (SSSR count). The average molecular weight is 274 g/mol. The molecule has 0 bridgehead atoms. The summed E-state index contributed by atoms with van der Waals surface area (Å²) in [5.41, 5.74) is 0. The predicted octanol–water partition coefficient (Wildman–Crippen LogP) is 1.44. The Hall–Kier alpha value is -0.130. The second kappa shape index (κ2) is 6.35. The lowest BCUT2D eigenvalue weighted by molar-refractivity contribution is 0.258. The summed E-state index contributed by atoms with van der Waals surface area (Å²) >= 11 is 0. The van der Waals surface area contributed by atoms with Crippen LogP contribution in [0.5, 0.6) is 0 Å². The summed E-state index contributed by atoms with van der Waals surface area (Å²) in [4.78, 5) is 0. The standard InChI is InChI=1S/C13H26N2O2S/c1-18(16,17)15-8-4-7-13(11-15)10-14-9-12-5-2-3-6-12/h12-14H,2-11H2,1H3. The summed E-state index contributed by atoms with van der Waals surface area (Å²) in [6.45, 7) is 3.51. The largest absolute Gasteiger partial charge is 0.316 e. The molecule has 1 heterocycles. The maximum Gasteiger partial charge on any atom is 0.211 e. The van der Waals surface area contributed by atoms with E-state index in [0.717, 1.165) is 31.8 Å². The van der Waals surface area contributed by atoms with E-state index >= 15 is 0 Å². The molecule has 5 heteroatoms. The molecule has 0 radical (unpaired) electrons. The second-order valence-corrected chi connectivity index (χ2v) is 7.92. The molecule has 1 saturated carbocycles. The maximum absolute atomic E-state index is 11.5. The van der Waals surface area contributed by atoms with E-state index in [1.165, 1.54) is 31.9 Å². The molecule has 0 aromatic rings. The zero-order valence-corrected chi connectivity index (χ0v) is 12.2. The van der Waals surface area contributed by atoms with Gasteiger partial charge < -0.3 is 5.32 Å². The van der Waals surface area contributed by atoms with E-state index in [-0.39, 0.29) is 0 Å². The van der Waals surface area contributed by atoms with Gasteiger partial charge >= 0.3 is 0 Å². The van der Waals surface area contributed by atoms with Crippen molar-refractivity contribution in [1.82, 2.24) is 9.62 Å². The maximum atomic E-state index is 11.5. The minimum atomic E-state index is -2.99. The molecule has 1 saturated heterocycles. The van der Waals surface area contributed by atoms with Crippen molar-refractivity contribution < 1.29 is 8.42 Å². The molecule has 2 aliphatic rings. The lowest BCUT2D eigenvalue weighted by Crippen LogP contribution is -2.42. The molecule has 106 valence electrons. The van der Waals surface area contributed by atoms with E-state index in [2.05, 4.69) is 5.32 Å². The molecule has 1 aliphatic carbocycles. The fourth-order valence-electron chi connectivity index (χ4n) is 3.20. The zero-order chi connectivity index (χ0) is 13.0. The highest BCUT2D eigenvalue weighted by atomic mass is 32.2. The first kappa shape index (κ1) is 14.3. The number of hydrogen-bond donors (Lipinski definition) is 1.